The molecule has 1 unspecified atom stereocenters. The van der Waals surface area contributed by atoms with Crippen LogP contribution in [-0.2, 0) is 0 Å². The van der Waals surface area contributed by atoms with Crippen LogP contribution in [0.3, 0.4) is 0 Å². The van der Waals surface area contributed by atoms with Crippen molar-refractivity contribution in [3.63, 3.8) is 0 Å². The van der Waals surface area contributed by atoms with Crippen LogP contribution in [-0.4, -0.2) is 0 Å². The van der Waals surface area contributed by atoms with Crippen molar-refractivity contribution in [1.82, 2.24) is 0 Å². The van der Waals surface area contributed by atoms with E-state index in [1.807, 2.05) is 0 Å². The molecule has 223 valence electrons. The summed E-state index contributed by atoms with van der Waals surface area (Å²) in [5.74, 6) is 0.970. The summed E-state index contributed by atoms with van der Waals surface area (Å²) in [6.45, 7) is 8.78. The molecule has 0 rings (SSSR count). The van der Waals surface area contributed by atoms with Crippen LogP contribution in [0.25, 0.3) is 0 Å². The smallest absolute Gasteiger partial charge is 0.0414 e. The molecule has 0 aromatic carbocycles. The highest BCUT2D eigenvalue weighted by molar-refractivity contribution is 4.62. The van der Waals surface area contributed by atoms with Crippen molar-refractivity contribution < 1.29 is 0 Å². The van der Waals surface area contributed by atoms with Gasteiger partial charge in [0.2, 0.25) is 0 Å². The van der Waals surface area contributed by atoms with Crippen LogP contribution in [0.5, 0.6) is 0 Å². The summed E-state index contributed by atoms with van der Waals surface area (Å²) >= 11 is 0. The molecule has 0 amide bonds. The second-order valence-electron chi connectivity index (χ2n) is 12.6. The Labute approximate surface area is 238 Å². The van der Waals surface area contributed by atoms with Gasteiger partial charge in [-0.1, -0.05) is 233 Å². The van der Waals surface area contributed by atoms with E-state index in [2.05, 4.69) is 20.8 Å². The zero-order valence-electron chi connectivity index (χ0n) is 26.6. The fourth-order valence-electron chi connectivity index (χ4n) is 6.15. The van der Waals surface area contributed by atoms with Gasteiger partial charge in [0, 0.05) is 0 Å². The third kappa shape index (κ3) is 32.1. The van der Waals surface area contributed by atoms with Crippen LogP contribution in [0.2, 0.25) is 0 Å². The number of unbranched alkanes of at least 4 members (excludes halogenated alkanes) is 27. The van der Waals surface area contributed by atoms with Crippen LogP contribution in [0.4, 0.5) is 0 Å². The molecule has 0 aromatic heterocycles. The topological polar surface area (TPSA) is 0 Å². The Morgan fingerprint density at radius 3 is 0.730 bits per heavy atom. The molecule has 37 heavy (non-hydrogen) atoms. The fraction of sp³-hybridized carbons (Fsp3) is 0.973. The molecule has 1 atom stereocenters. The van der Waals surface area contributed by atoms with Crippen molar-refractivity contribution in [3.05, 3.63) is 6.92 Å². The van der Waals surface area contributed by atoms with Gasteiger partial charge in [0.25, 0.3) is 0 Å². The zero-order valence-corrected chi connectivity index (χ0v) is 26.6. The van der Waals surface area contributed by atoms with E-state index < -0.39 is 0 Å². The maximum Gasteiger partial charge on any atom is -0.0414 e. The second kappa shape index (κ2) is 34.0. The molecule has 0 aliphatic heterocycles. The summed E-state index contributed by atoms with van der Waals surface area (Å²) in [6, 6.07) is 0. The summed E-state index contributed by atoms with van der Waals surface area (Å²) in [5, 5.41) is 0. The first kappa shape index (κ1) is 37.0. The molecule has 1 radical (unpaired) electrons. The van der Waals surface area contributed by atoms with Gasteiger partial charge in [0.05, 0.1) is 0 Å². The lowest BCUT2D eigenvalue weighted by Crippen LogP contribution is -2.00. The first-order chi connectivity index (χ1) is 18.3. The minimum absolute atomic E-state index is 0.970. The van der Waals surface area contributed by atoms with Gasteiger partial charge in [0.15, 0.2) is 0 Å². The van der Waals surface area contributed by atoms with Crippen molar-refractivity contribution in [2.24, 2.45) is 5.92 Å². The molecule has 0 aliphatic rings. The summed E-state index contributed by atoms with van der Waals surface area (Å²) in [4.78, 5) is 0. The summed E-state index contributed by atoms with van der Waals surface area (Å²) < 4.78 is 0. The Morgan fingerprint density at radius 2 is 0.514 bits per heavy atom. The molecule has 0 aliphatic carbocycles. The molecule has 0 heteroatoms. The van der Waals surface area contributed by atoms with Crippen LogP contribution in [0.1, 0.15) is 226 Å². The van der Waals surface area contributed by atoms with E-state index in [9.17, 15) is 0 Å². The van der Waals surface area contributed by atoms with Crippen LogP contribution < -0.4 is 0 Å². The average Bonchev–Trinajstić information content (AvgIpc) is 2.91. The zero-order chi connectivity index (χ0) is 26.9. The predicted octanol–water partition coefficient (Wildman–Crippen LogP) is 14.3. The van der Waals surface area contributed by atoms with Crippen LogP contribution in [0, 0.1) is 12.8 Å². The summed E-state index contributed by atoms with van der Waals surface area (Å²) in [7, 11) is 0. The minimum atomic E-state index is 0.970. The van der Waals surface area contributed by atoms with E-state index in [4.69, 9.17) is 0 Å². The lowest BCUT2D eigenvalue weighted by atomic mass is 9.90. The average molecular weight is 520 g/mol. The third-order valence-electron chi connectivity index (χ3n) is 8.79. The maximum absolute atomic E-state index is 4.16. The van der Waals surface area contributed by atoms with E-state index in [0.717, 1.165) is 12.3 Å². The van der Waals surface area contributed by atoms with Gasteiger partial charge < -0.3 is 0 Å². The van der Waals surface area contributed by atoms with Crippen molar-refractivity contribution >= 4 is 0 Å². The number of hydrogen-bond donors (Lipinski definition) is 0. The molecule has 0 bridgehead atoms. The Morgan fingerprint density at radius 1 is 0.297 bits per heavy atom. The van der Waals surface area contributed by atoms with Crippen LogP contribution in [0.15, 0.2) is 0 Å². The van der Waals surface area contributed by atoms with Crippen molar-refractivity contribution in [3.8, 4) is 0 Å². The van der Waals surface area contributed by atoms with Crippen molar-refractivity contribution in [2.75, 3.05) is 0 Å². The van der Waals surface area contributed by atoms with Gasteiger partial charge in [-0.3, -0.25) is 0 Å². The van der Waals surface area contributed by atoms with Gasteiger partial charge >= 0.3 is 0 Å². The Kier molecular flexibility index (Phi) is 34.0. The van der Waals surface area contributed by atoms with E-state index >= 15 is 0 Å². The monoisotopic (exact) mass is 520 g/mol. The molecular weight excluding hydrogens is 444 g/mol. The van der Waals surface area contributed by atoms with Gasteiger partial charge in [-0.2, -0.15) is 0 Å². The highest BCUT2D eigenvalue weighted by Gasteiger charge is 2.07. The molecule has 0 heterocycles. The van der Waals surface area contributed by atoms with Gasteiger partial charge in [0.1, 0.15) is 0 Å². The molecular formula is C37H75. The minimum Gasteiger partial charge on any atom is -0.0654 e. The standard InChI is InChI=1S/C37H75/c1-4-7-9-11-13-15-17-18-19-20-21-22-23-25-27-29-31-33-36-37(34-6-3)35-32-30-28-26-24-16-14-12-10-8-5-2/h37H,3-36H2,1-2H3. The van der Waals surface area contributed by atoms with Gasteiger partial charge in [-0.15, -0.1) is 0 Å². The highest BCUT2D eigenvalue weighted by Crippen LogP contribution is 2.23. The SMILES string of the molecule is [CH2]CCC(CCCCCCCCCCCCC)CCCCCCCCCCCCCCCCCCCC. The lowest BCUT2D eigenvalue weighted by molar-refractivity contribution is 0.381. The normalized spacial score (nSPS) is 12.4. The molecule has 0 nitrogen and oxygen atoms in total. The molecule has 0 saturated carbocycles. The molecule has 0 spiro atoms. The largest absolute Gasteiger partial charge is 0.0654 e. The second-order valence-corrected chi connectivity index (χ2v) is 12.6. The number of hydrogen-bond acceptors (Lipinski definition) is 0. The summed E-state index contributed by atoms with van der Waals surface area (Å²) in [6.07, 6.45) is 48.1. The van der Waals surface area contributed by atoms with Gasteiger partial charge in [-0.05, 0) is 5.92 Å². The third-order valence-corrected chi connectivity index (χ3v) is 8.79. The molecule has 0 N–H and O–H groups in total. The first-order valence-corrected chi connectivity index (χ1v) is 18.1. The highest BCUT2D eigenvalue weighted by atomic mass is 14.1. The fourth-order valence-corrected chi connectivity index (χ4v) is 6.15. The van der Waals surface area contributed by atoms with E-state index in [-0.39, 0.29) is 0 Å². The first-order valence-electron chi connectivity index (χ1n) is 18.1. The Bertz CT molecular complexity index is 372. The van der Waals surface area contributed by atoms with Crippen LogP contribution >= 0.6 is 0 Å². The van der Waals surface area contributed by atoms with E-state index in [1.165, 1.54) is 205 Å². The van der Waals surface area contributed by atoms with Crippen molar-refractivity contribution in [1.29, 1.82) is 0 Å². The van der Waals surface area contributed by atoms with E-state index in [1.54, 1.807) is 0 Å². The molecule has 0 fully saturated rings. The van der Waals surface area contributed by atoms with E-state index in [0.29, 0.717) is 0 Å². The Hall–Kier alpha value is 0. The van der Waals surface area contributed by atoms with Crippen molar-refractivity contribution in [2.45, 2.75) is 226 Å². The summed E-state index contributed by atoms with van der Waals surface area (Å²) in [5.41, 5.74) is 0. The quantitative estimate of drug-likeness (QED) is 0.0756. The van der Waals surface area contributed by atoms with Gasteiger partial charge in [-0.25, -0.2) is 0 Å². The number of rotatable bonds is 33. The predicted molar refractivity (Wildman–Crippen MR) is 173 cm³/mol. The maximum atomic E-state index is 4.16. The molecule has 0 aromatic rings. The Balaban J connectivity index is 3.34. The lowest BCUT2D eigenvalue weighted by Gasteiger charge is -2.16. The molecule has 0 saturated heterocycles.